The van der Waals surface area contributed by atoms with Crippen molar-refractivity contribution in [3.8, 4) is 5.75 Å². The number of rotatable bonds is 4. The van der Waals surface area contributed by atoms with Crippen molar-refractivity contribution in [2.24, 2.45) is 5.73 Å². The minimum Gasteiger partial charge on any atom is -0.497 e. The summed E-state index contributed by atoms with van der Waals surface area (Å²) < 4.78 is 19.1. The van der Waals surface area contributed by atoms with Crippen molar-refractivity contribution < 1.29 is 9.13 Å². The molecule has 100 valence electrons. The fraction of sp³-hybridized carbons (Fsp3) is 0.200. The zero-order chi connectivity index (χ0) is 13.8. The van der Waals surface area contributed by atoms with Crippen molar-refractivity contribution in [3.63, 3.8) is 0 Å². The van der Waals surface area contributed by atoms with Gasteiger partial charge in [-0.2, -0.15) is 0 Å². The van der Waals surface area contributed by atoms with Gasteiger partial charge in [-0.25, -0.2) is 4.39 Å². The molecule has 0 aromatic heterocycles. The first-order valence-corrected chi connectivity index (χ1v) is 6.78. The summed E-state index contributed by atoms with van der Waals surface area (Å²) in [6.45, 7) is 1.84. The molecule has 0 aliphatic heterocycles. The van der Waals surface area contributed by atoms with Crippen LogP contribution in [0.15, 0.2) is 52.3 Å². The maximum Gasteiger partial charge on any atom is 0.137 e. The van der Waals surface area contributed by atoms with Crippen LogP contribution in [0.25, 0.3) is 0 Å². The predicted octanol–water partition coefficient (Wildman–Crippen LogP) is 4.01. The first-order valence-electron chi connectivity index (χ1n) is 5.97. The van der Waals surface area contributed by atoms with Crippen LogP contribution in [-0.4, -0.2) is 7.11 Å². The third-order valence-electron chi connectivity index (χ3n) is 2.75. The lowest BCUT2D eigenvalue weighted by atomic mass is 10.1. The van der Waals surface area contributed by atoms with E-state index >= 15 is 0 Å². The Kier molecular flexibility index (Phi) is 4.45. The lowest BCUT2D eigenvalue weighted by Crippen LogP contribution is -2.05. The molecule has 0 aliphatic rings. The monoisotopic (exact) mass is 277 g/mol. The molecule has 4 heteroatoms. The van der Waals surface area contributed by atoms with Crippen molar-refractivity contribution in [2.45, 2.75) is 22.8 Å². The summed E-state index contributed by atoms with van der Waals surface area (Å²) in [5.74, 6) is 0.514. The second kappa shape index (κ2) is 6.08. The number of benzene rings is 2. The minimum absolute atomic E-state index is 0.162. The first kappa shape index (κ1) is 13.9. The second-order valence-corrected chi connectivity index (χ2v) is 5.37. The summed E-state index contributed by atoms with van der Waals surface area (Å²) in [4.78, 5) is 1.52. The maximum atomic E-state index is 14.0. The lowest BCUT2D eigenvalue weighted by molar-refractivity contribution is 0.413. The molecule has 0 heterocycles. The highest BCUT2D eigenvalue weighted by molar-refractivity contribution is 7.99. The van der Waals surface area contributed by atoms with Crippen LogP contribution in [0.2, 0.25) is 0 Å². The van der Waals surface area contributed by atoms with Crippen LogP contribution in [0.3, 0.4) is 0 Å². The molecule has 0 fully saturated rings. The molecule has 0 saturated carbocycles. The van der Waals surface area contributed by atoms with Crippen LogP contribution in [-0.2, 0) is 0 Å². The third-order valence-corrected chi connectivity index (χ3v) is 3.79. The van der Waals surface area contributed by atoms with Crippen molar-refractivity contribution in [1.82, 2.24) is 0 Å². The standard InChI is InChI=1S/C15H16FNOS/c1-10(17)11-6-7-15(14(16)8-11)19-13-5-3-4-12(9-13)18-2/h3-10H,17H2,1-2H3/t10-/m0/s1. The Bertz CT molecular complexity index is 572. The molecule has 0 bridgehead atoms. The van der Waals surface area contributed by atoms with Gasteiger partial charge in [-0.15, -0.1) is 0 Å². The fourth-order valence-corrected chi connectivity index (χ4v) is 2.54. The van der Waals surface area contributed by atoms with E-state index in [1.165, 1.54) is 17.8 Å². The Labute approximate surface area is 116 Å². The number of hydrogen-bond acceptors (Lipinski definition) is 3. The summed E-state index contributed by atoms with van der Waals surface area (Å²) >= 11 is 1.37. The van der Waals surface area contributed by atoms with E-state index < -0.39 is 0 Å². The Morgan fingerprint density at radius 2 is 2.00 bits per heavy atom. The van der Waals surface area contributed by atoms with Crippen molar-refractivity contribution in [3.05, 3.63) is 53.8 Å². The Hall–Kier alpha value is -1.52. The van der Waals surface area contributed by atoms with Crippen molar-refractivity contribution in [1.29, 1.82) is 0 Å². The zero-order valence-electron chi connectivity index (χ0n) is 10.9. The van der Waals surface area contributed by atoms with Gasteiger partial charge in [-0.05, 0) is 42.8 Å². The van der Waals surface area contributed by atoms with Gasteiger partial charge in [-0.3, -0.25) is 0 Å². The molecule has 0 spiro atoms. The molecular weight excluding hydrogens is 261 g/mol. The first-order chi connectivity index (χ1) is 9.10. The molecule has 0 amide bonds. The van der Waals surface area contributed by atoms with E-state index in [2.05, 4.69) is 0 Å². The van der Waals surface area contributed by atoms with Crippen molar-refractivity contribution in [2.75, 3.05) is 7.11 Å². The van der Waals surface area contributed by atoms with E-state index in [1.807, 2.05) is 37.3 Å². The van der Waals surface area contributed by atoms with Gasteiger partial charge in [0.2, 0.25) is 0 Å². The molecule has 0 saturated heterocycles. The number of ether oxygens (including phenoxy) is 1. The largest absolute Gasteiger partial charge is 0.497 e. The molecule has 0 radical (unpaired) electrons. The van der Waals surface area contributed by atoms with E-state index in [4.69, 9.17) is 10.5 Å². The smallest absolute Gasteiger partial charge is 0.137 e. The van der Waals surface area contributed by atoms with Gasteiger partial charge in [0.1, 0.15) is 11.6 Å². The highest BCUT2D eigenvalue weighted by atomic mass is 32.2. The highest BCUT2D eigenvalue weighted by Crippen LogP contribution is 2.32. The number of halogens is 1. The van der Waals surface area contributed by atoms with Gasteiger partial charge in [0.15, 0.2) is 0 Å². The summed E-state index contributed by atoms with van der Waals surface area (Å²) in [6, 6.07) is 12.5. The van der Waals surface area contributed by atoms with E-state index in [0.29, 0.717) is 4.90 Å². The van der Waals surface area contributed by atoms with Crippen LogP contribution in [0.1, 0.15) is 18.5 Å². The van der Waals surface area contributed by atoms with E-state index in [-0.39, 0.29) is 11.9 Å². The van der Waals surface area contributed by atoms with Gasteiger partial charge in [0.05, 0.1) is 7.11 Å². The predicted molar refractivity (Wildman–Crippen MR) is 76.1 cm³/mol. The average Bonchev–Trinajstić information content (AvgIpc) is 2.41. The quantitative estimate of drug-likeness (QED) is 0.917. The zero-order valence-corrected chi connectivity index (χ0v) is 11.7. The molecule has 0 unspecified atom stereocenters. The molecule has 2 N–H and O–H groups in total. The topological polar surface area (TPSA) is 35.2 Å². The third kappa shape index (κ3) is 3.49. The normalized spacial score (nSPS) is 12.2. The molecule has 19 heavy (non-hydrogen) atoms. The molecule has 2 nitrogen and oxygen atoms in total. The number of nitrogens with two attached hydrogens (primary N) is 1. The van der Waals surface area contributed by atoms with Gasteiger partial charge in [0, 0.05) is 15.8 Å². The molecule has 2 aromatic rings. The minimum atomic E-state index is -0.248. The fourth-order valence-electron chi connectivity index (χ4n) is 1.67. The van der Waals surface area contributed by atoms with E-state index in [0.717, 1.165) is 16.2 Å². The van der Waals surface area contributed by atoms with Crippen LogP contribution < -0.4 is 10.5 Å². The molecule has 2 rings (SSSR count). The Morgan fingerprint density at radius 3 is 2.63 bits per heavy atom. The van der Waals surface area contributed by atoms with Gasteiger partial charge in [0.25, 0.3) is 0 Å². The van der Waals surface area contributed by atoms with Gasteiger partial charge >= 0.3 is 0 Å². The number of hydrogen-bond donors (Lipinski definition) is 1. The van der Waals surface area contributed by atoms with E-state index in [9.17, 15) is 4.39 Å². The highest BCUT2D eigenvalue weighted by Gasteiger charge is 2.08. The van der Waals surface area contributed by atoms with Crippen molar-refractivity contribution >= 4 is 11.8 Å². The number of methoxy groups -OCH3 is 1. The van der Waals surface area contributed by atoms with Crippen LogP contribution >= 0.6 is 11.8 Å². The summed E-state index contributed by atoms with van der Waals surface area (Å²) in [5, 5.41) is 0. The summed E-state index contributed by atoms with van der Waals surface area (Å²) in [6.07, 6.45) is 0. The molecule has 0 aliphatic carbocycles. The summed E-state index contributed by atoms with van der Waals surface area (Å²) in [7, 11) is 1.61. The van der Waals surface area contributed by atoms with Crippen LogP contribution in [0.5, 0.6) is 5.75 Å². The average molecular weight is 277 g/mol. The van der Waals surface area contributed by atoms with Crippen LogP contribution in [0.4, 0.5) is 4.39 Å². The second-order valence-electron chi connectivity index (χ2n) is 4.26. The molecular formula is C15H16FNOS. The van der Waals surface area contributed by atoms with Gasteiger partial charge < -0.3 is 10.5 Å². The SMILES string of the molecule is COc1cccc(Sc2ccc([C@H](C)N)cc2F)c1. The maximum absolute atomic E-state index is 14.0. The Balaban J connectivity index is 2.23. The Morgan fingerprint density at radius 1 is 1.21 bits per heavy atom. The van der Waals surface area contributed by atoms with E-state index in [1.54, 1.807) is 13.2 Å². The lowest BCUT2D eigenvalue weighted by Gasteiger charge is -2.09. The van der Waals surface area contributed by atoms with Crippen LogP contribution in [0, 0.1) is 5.82 Å². The molecule has 1 atom stereocenters. The summed E-state index contributed by atoms with van der Waals surface area (Å²) in [5.41, 5.74) is 6.53. The van der Waals surface area contributed by atoms with Gasteiger partial charge in [-0.1, -0.05) is 23.9 Å². The molecule has 2 aromatic carbocycles.